The Morgan fingerprint density at radius 3 is 2.82 bits per heavy atom. The van der Waals surface area contributed by atoms with Crippen molar-refractivity contribution in [2.45, 2.75) is 19.8 Å². The Bertz CT molecular complexity index is 623. The number of ether oxygens (including phenoxy) is 2. The van der Waals surface area contributed by atoms with Gasteiger partial charge in [0.2, 0.25) is 0 Å². The average Bonchev–Trinajstić information content (AvgIpc) is 3.06. The van der Waals surface area contributed by atoms with Gasteiger partial charge in [0.1, 0.15) is 5.75 Å². The molecule has 0 aromatic carbocycles. The standard InChI is InChI=1S/C15H20N4O3/c1-3-4-12-13(20-2)9-11(10-16-12)14-17-18-15(22-14)19-5-7-21-8-6-19/h9-10H,3-8H2,1-2H3. The molecule has 2 aromatic heterocycles. The van der Waals surface area contributed by atoms with Crippen molar-refractivity contribution in [3.63, 3.8) is 0 Å². The zero-order valence-corrected chi connectivity index (χ0v) is 12.9. The van der Waals surface area contributed by atoms with Gasteiger partial charge in [-0.15, -0.1) is 5.10 Å². The van der Waals surface area contributed by atoms with Gasteiger partial charge in [-0.3, -0.25) is 4.98 Å². The van der Waals surface area contributed by atoms with Gasteiger partial charge in [-0.1, -0.05) is 18.4 Å². The van der Waals surface area contributed by atoms with Gasteiger partial charge >= 0.3 is 6.01 Å². The van der Waals surface area contributed by atoms with E-state index in [-0.39, 0.29) is 0 Å². The molecule has 22 heavy (non-hydrogen) atoms. The van der Waals surface area contributed by atoms with Crippen LogP contribution in [0.15, 0.2) is 16.7 Å². The van der Waals surface area contributed by atoms with Crippen molar-refractivity contribution in [2.24, 2.45) is 0 Å². The monoisotopic (exact) mass is 304 g/mol. The van der Waals surface area contributed by atoms with Crippen LogP contribution in [0.2, 0.25) is 0 Å². The minimum atomic E-state index is 0.454. The van der Waals surface area contributed by atoms with Crippen LogP contribution in [0, 0.1) is 0 Å². The lowest BCUT2D eigenvalue weighted by Crippen LogP contribution is -2.36. The zero-order chi connectivity index (χ0) is 15.4. The average molecular weight is 304 g/mol. The number of anilines is 1. The summed E-state index contributed by atoms with van der Waals surface area (Å²) in [7, 11) is 1.65. The second-order valence-corrected chi connectivity index (χ2v) is 5.11. The Balaban J connectivity index is 1.83. The number of nitrogens with zero attached hydrogens (tertiary/aromatic N) is 4. The Kier molecular flexibility index (Phi) is 4.53. The van der Waals surface area contributed by atoms with Crippen molar-refractivity contribution >= 4 is 6.01 Å². The number of rotatable bonds is 5. The minimum absolute atomic E-state index is 0.454. The third-order valence-corrected chi connectivity index (χ3v) is 3.58. The fraction of sp³-hybridized carbons (Fsp3) is 0.533. The predicted octanol–water partition coefficient (Wildman–Crippen LogP) is 1.93. The first-order valence-corrected chi connectivity index (χ1v) is 7.51. The molecule has 1 aliphatic heterocycles. The summed E-state index contributed by atoms with van der Waals surface area (Å²) in [6, 6.07) is 2.42. The van der Waals surface area contributed by atoms with Crippen LogP contribution < -0.4 is 9.64 Å². The number of hydrogen-bond acceptors (Lipinski definition) is 7. The summed E-state index contributed by atoms with van der Waals surface area (Å²) in [5.41, 5.74) is 1.71. The highest BCUT2D eigenvalue weighted by Gasteiger charge is 2.19. The van der Waals surface area contributed by atoms with Crippen LogP contribution in [0.3, 0.4) is 0 Å². The maximum absolute atomic E-state index is 5.76. The summed E-state index contributed by atoms with van der Waals surface area (Å²) in [4.78, 5) is 6.47. The molecule has 0 spiro atoms. The van der Waals surface area contributed by atoms with Crippen molar-refractivity contribution in [3.8, 4) is 17.2 Å². The topological polar surface area (TPSA) is 73.5 Å². The molecule has 0 N–H and O–H groups in total. The highest BCUT2D eigenvalue weighted by Crippen LogP contribution is 2.27. The van der Waals surface area contributed by atoms with Crippen LogP contribution in [0.4, 0.5) is 6.01 Å². The van der Waals surface area contributed by atoms with Gasteiger partial charge in [0, 0.05) is 19.3 Å². The first-order chi connectivity index (χ1) is 10.8. The van der Waals surface area contributed by atoms with E-state index in [4.69, 9.17) is 13.9 Å². The van der Waals surface area contributed by atoms with Gasteiger partial charge in [0.25, 0.3) is 5.89 Å². The number of hydrogen-bond donors (Lipinski definition) is 0. The SMILES string of the molecule is CCCc1ncc(-c2nnc(N3CCOCC3)o2)cc1OC. The molecule has 3 heterocycles. The first kappa shape index (κ1) is 14.8. The number of aromatic nitrogens is 3. The number of methoxy groups -OCH3 is 1. The van der Waals surface area contributed by atoms with Gasteiger partial charge in [-0.05, 0) is 12.5 Å². The largest absolute Gasteiger partial charge is 0.495 e. The summed E-state index contributed by atoms with van der Waals surface area (Å²) in [5, 5.41) is 8.23. The lowest BCUT2D eigenvalue weighted by molar-refractivity contribution is 0.120. The molecule has 0 aliphatic carbocycles. The van der Waals surface area contributed by atoms with Crippen LogP contribution >= 0.6 is 0 Å². The summed E-state index contributed by atoms with van der Waals surface area (Å²) >= 11 is 0. The van der Waals surface area contributed by atoms with E-state index in [1.807, 2.05) is 11.0 Å². The Morgan fingerprint density at radius 1 is 1.27 bits per heavy atom. The summed E-state index contributed by atoms with van der Waals surface area (Å²) in [5.74, 6) is 1.21. The second-order valence-electron chi connectivity index (χ2n) is 5.11. The molecule has 0 radical (unpaired) electrons. The summed E-state index contributed by atoms with van der Waals surface area (Å²) in [6.07, 6.45) is 3.65. The van der Waals surface area contributed by atoms with Crippen molar-refractivity contribution < 1.29 is 13.9 Å². The quantitative estimate of drug-likeness (QED) is 0.835. The van der Waals surface area contributed by atoms with Crippen molar-refractivity contribution in [1.82, 2.24) is 15.2 Å². The molecule has 0 amide bonds. The summed E-state index contributed by atoms with van der Waals surface area (Å²) < 4.78 is 16.5. The van der Waals surface area contributed by atoms with E-state index < -0.39 is 0 Å². The normalized spacial score (nSPS) is 15.1. The molecule has 1 saturated heterocycles. The van der Waals surface area contributed by atoms with E-state index in [1.165, 1.54) is 0 Å². The molecule has 7 nitrogen and oxygen atoms in total. The molecule has 7 heteroatoms. The first-order valence-electron chi connectivity index (χ1n) is 7.51. The van der Waals surface area contributed by atoms with E-state index >= 15 is 0 Å². The van der Waals surface area contributed by atoms with E-state index in [2.05, 4.69) is 22.1 Å². The molecule has 3 rings (SSSR count). The van der Waals surface area contributed by atoms with Crippen LogP contribution in [0.1, 0.15) is 19.0 Å². The highest BCUT2D eigenvalue weighted by atomic mass is 16.5. The molecule has 0 atom stereocenters. The van der Waals surface area contributed by atoms with E-state index in [0.717, 1.165) is 42.9 Å². The van der Waals surface area contributed by atoms with Gasteiger partial charge in [0.15, 0.2) is 0 Å². The van der Waals surface area contributed by atoms with Gasteiger partial charge in [-0.25, -0.2) is 0 Å². The highest BCUT2D eigenvalue weighted by molar-refractivity contribution is 5.56. The molecule has 0 bridgehead atoms. The molecular formula is C15H20N4O3. The Hall–Kier alpha value is -2.15. The molecule has 1 fully saturated rings. The predicted molar refractivity (Wildman–Crippen MR) is 81.1 cm³/mol. The molecule has 0 unspecified atom stereocenters. The maximum atomic E-state index is 5.76. The van der Waals surface area contributed by atoms with E-state index in [9.17, 15) is 0 Å². The fourth-order valence-corrected chi connectivity index (χ4v) is 2.41. The lowest BCUT2D eigenvalue weighted by Gasteiger charge is -2.24. The zero-order valence-electron chi connectivity index (χ0n) is 12.9. The number of aryl methyl sites for hydroxylation is 1. The molecular weight excluding hydrogens is 284 g/mol. The Morgan fingerprint density at radius 2 is 2.09 bits per heavy atom. The molecule has 1 aliphatic rings. The minimum Gasteiger partial charge on any atom is -0.495 e. The summed E-state index contributed by atoms with van der Waals surface area (Å²) in [6.45, 7) is 5.00. The van der Waals surface area contributed by atoms with E-state index in [1.54, 1.807) is 13.3 Å². The van der Waals surface area contributed by atoms with Crippen LogP contribution in [0.5, 0.6) is 5.75 Å². The van der Waals surface area contributed by atoms with Crippen molar-refractivity contribution in [1.29, 1.82) is 0 Å². The van der Waals surface area contributed by atoms with Crippen molar-refractivity contribution in [2.75, 3.05) is 38.3 Å². The third-order valence-electron chi connectivity index (χ3n) is 3.58. The number of morpholine rings is 1. The molecule has 2 aromatic rings. The van der Waals surface area contributed by atoms with Gasteiger partial charge in [0.05, 0.1) is 31.6 Å². The van der Waals surface area contributed by atoms with Gasteiger partial charge < -0.3 is 18.8 Å². The molecule has 0 saturated carbocycles. The van der Waals surface area contributed by atoms with E-state index in [0.29, 0.717) is 25.1 Å². The van der Waals surface area contributed by atoms with Gasteiger partial charge in [-0.2, -0.15) is 0 Å². The van der Waals surface area contributed by atoms with Crippen LogP contribution in [-0.4, -0.2) is 48.6 Å². The van der Waals surface area contributed by atoms with Crippen molar-refractivity contribution in [3.05, 3.63) is 18.0 Å². The molecule has 118 valence electrons. The second kappa shape index (κ2) is 6.74. The number of pyridine rings is 1. The van der Waals surface area contributed by atoms with Crippen LogP contribution in [0.25, 0.3) is 11.5 Å². The third kappa shape index (κ3) is 3.04. The smallest absolute Gasteiger partial charge is 0.318 e. The maximum Gasteiger partial charge on any atom is 0.318 e. The Labute approximate surface area is 129 Å². The van der Waals surface area contributed by atoms with Crippen LogP contribution in [-0.2, 0) is 11.2 Å². The fourth-order valence-electron chi connectivity index (χ4n) is 2.41. The lowest BCUT2D eigenvalue weighted by atomic mass is 10.2.